The second-order valence-electron chi connectivity index (χ2n) is 7.47. The van der Waals surface area contributed by atoms with Crippen molar-refractivity contribution in [1.82, 2.24) is 0 Å². The summed E-state index contributed by atoms with van der Waals surface area (Å²) >= 11 is 4.06. The van der Waals surface area contributed by atoms with E-state index in [0.717, 1.165) is 6.42 Å². The average molecular weight is 379 g/mol. The largest absolute Gasteiger partial charge is 0.379 e. The third kappa shape index (κ3) is 4.61. The van der Waals surface area contributed by atoms with Gasteiger partial charge in [0.1, 0.15) is 18.3 Å². The molecule has 0 N–H and O–H groups in total. The Kier molecular flexibility index (Phi) is 6.12. The van der Waals surface area contributed by atoms with Crippen molar-refractivity contribution < 1.29 is 23.7 Å². The zero-order chi connectivity index (χ0) is 17.4. The summed E-state index contributed by atoms with van der Waals surface area (Å²) in [5.41, 5.74) is 0. The third-order valence-electron chi connectivity index (χ3n) is 4.55. The summed E-state index contributed by atoms with van der Waals surface area (Å²) in [5, 5.41) is 0. The molecule has 24 heavy (non-hydrogen) atoms. The summed E-state index contributed by atoms with van der Waals surface area (Å²) in [6, 6.07) is 0. The van der Waals surface area contributed by atoms with Crippen LogP contribution in [-0.2, 0) is 23.7 Å². The molecular formula is C17H30O5S2. The van der Waals surface area contributed by atoms with Gasteiger partial charge in [-0.15, -0.1) is 23.5 Å². The highest BCUT2D eigenvalue weighted by Crippen LogP contribution is 2.40. The maximum atomic E-state index is 6.24. The molecule has 7 heteroatoms. The van der Waals surface area contributed by atoms with Gasteiger partial charge in [0, 0.05) is 7.11 Å². The van der Waals surface area contributed by atoms with Crippen molar-refractivity contribution in [3.63, 3.8) is 0 Å². The van der Waals surface area contributed by atoms with Crippen molar-refractivity contribution >= 4 is 23.5 Å². The lowest BCUT2D eigenvalue weighted by molar-refractivity contribution is -0.175. The van der Waals surface area contributed by atoms with E-state index in [0.29, 0.717) is 11.2 Å². The van der Waals surface area contributed by atoms with Crippen LogP contribution in [0.5, 0.6) is 0 Å². The van der Waals surface area contributed by atoms with E-state index < -0.39 is 11.6 Å². The minimum Gasteiger partial charge on any atom is -0.379 e. The van der Waals surface area contributed by atoms with E-state index in [1.165, 1.54) is 17.9 Å². The Morgan fingerprint density at radius 1 is 1.04 bits per heavy atom. The first-order valence-electron chi connectivity index (χ1n) is 8.73. The molecule has 3 heterocycles. The van der Waals surface area contributed by atoms with E-state index in [9.17, 15) is 0 Å². The molecule has 5 nitrogen and oxygen atoms in total. The second kappa shape index (κ2) is 7.62. The molecule has 0 aliphatic carbocycles. The van der Waals surface area contributed by atoms with Crippen LogP contribution in [0.3, 0.4) is 0 Å². The fraction of sp³-hybridized carbons (Fsp3) is 1.00. The zero-order valence-electron chi connectivity index (χ0n) is 15.3. The van der Waals surface area contributed by atoms with Crippen LogP contribution in [-0.4, -0.2) is 65.8 Å². The van der Waals surface area contributed by atoms with Crippen molar-refractivity contribution in [2.24, 2.45) is 0 Å². The Morgan fingerprint density at radius 2 is 1.75 bits per heavy atom. The minimum atomic E-state index is -0.630. The lowest BCUT2D eigenvalue weighted by Crippen LogP contribution is -2.45. The molecule has 3 fully saturated rings. The molecule has 0 aromatic heterocycles. The van der Waals surface area contributed by atoms with Crippen LogP contribution in [0, 0.1) is 0 Å². The molecule has 0 radical (unpaired) electrons. The Morgan fingerprint density at radius 3 is 2.33 bits per heavy atom. The molecule has 3 saturated heterocycles. The Bertz CT molecular complexity index is 425. The Labute approximate surface area is 153 Å². The predicted molar refractivity (Wildman–Crippen MR) is 97.5 cm³/mol. The Hall–Kier alpha value is 0.500. The summed E-state index contributed by atoms with van der Waals surface area (Å²) in [4.78, 5) is 0. The topological polar surface area (TPSA) is 46.2 Å². The van der Waals surface area contributed by atoms with Crippen molar-refractivity contribution in [3.05, 3.63) is 0 Å². The van der Waals surface area contributed by atoms with Crippen molar-refractivity contribution in [3.8, 4) is 0 Å². The summed E-state index contributed by atoms with van der Waals surface area (Å²) in [6.07, 6.45) is 1.80. The number of thioether (sulfide) groups is 2. The molecule has 4 atom stereocenters. The van der Waals surface area contributed by atoms with Crippen molar-refractivity contribution in [1.29, 1.82) is 0 Å². The van der Waals surface area contributed by atoms with Gasteiger partial charge in [-0.2, -0.15) is 0 Å². The van der Waals surface area contributed by atoms with Crippen molar-refractivity contribution in [2.45, 2.75) is 81.1 Å². The van der Waals surface area contributed by atoms with Gasteiger partial charge in [-0.25, -0.2) is 0 Å². The molecule has 0 bridgehead atoms. The van der Waals surface area contributed by atoms with Crippen LogP contribution in [0.25, 0.3) is 0 Å². The molecule has 140 valence electrons. The number of hydrogen-bond acceptors (Lipinski definition) is 7. The fourth-order valence-corrected chi connectivity index (χ4v) is 6.44. The van der Waals surface area contributed by atoms with Gasteiger partial charge in [-0.05, 0) is 52.0 Å². The highest BCUT2D eigenvalue weighted by molar-refractivity contribution is 8.17. The minimum absolute atomic E-state index is 0.00723. The van der Waals surface area contributed by atoms with Gasteiger partial charge in [0.25, 0.3) is 0 Å². The molecule has 0 amide bonds. The molecule has 0 spiro atoms. The van der Waals surface area contributed by atoms with E-state index in [1.807, 2.05) is 51.2 Å². The summed E-state index contributed by atoms with van der Waals surface area (Å²) in [7, 11) is 1.77. The molecule has 0 unspecified atom stereocenters. The van der Waals surface area contributed by atoms with Crippen LogP contribution in [0.4, 0.5) is 0 Å². The van der Waals surface area contributed by atoms with Crippen LogP contribution in [0.15, 0.2) is 0 Å². The number of hydrogen-bond donors (Lipinski definition) is 0. The second-order valence-corrected chi connectivity index (χ2v) is 10.4. The highest BCUT2D eigenvalue weighted by atomic mass is 32.2. The first-order chi connectivity index (χ1) is 11.3. The van der Waals surface area contributed by atoms with Crippen LogP contribution in [0.2, 0.25) is 0 Å². The summed E-state index contributed by atoms with van der Waals surface area (Å²) < 4.78 is 30.6. The van der Waals surface area contributed by atoms with Gasteiger partial charge in [0.05, 0.1) is 17.3 Å². The van der Waals surface area contributed by atoms with E-state index in [1.54, 1.807) is 7.11 Å². The number of methoxy groups -OCH3 is 1. The maximum absolute atomic E-state index is 6.24. The van der Waals surface area contributed by atoms with Crippen LogP contribution < -0.4 is 0 Å². The molecule has 3 aliphatic rings. The number of ether oxygens (including phenoxy) is 5. The molecule has 0 saturated carbocycles. The summed E-state index contributed by atoms with van der Waals surface area (Å²) in [6.45, 7) is 8.31. The summed E-state index contributed by atoms with van der Waals surface area (Å²) in [5.74, 6) is 1.27. The van der Waals surface area contributed by atoms with Crippen LogP contribution in [0.1, 0.15) is 40.5 Å². The highest BCUT2D eigenvalue weighted by Gasteiger charge is 2.52. The molecule has 0 aromatic rings. The first-order valence-corrected chi connectivity index (χ1v) is 10.8. The molecular weight excluding hydrogens is 348 g/mol. The lowest BCUT2D eigenvalue weighted by atomic mass is 10.0. The predicted octanol–water partition coefficient (Wildman–Crippen LogP) is 3.26. The quantitative estimate of drug-likeness (QED) is 0.727. The maximum Gasteiger partial charge on any atom is 0.164 e. The normalized spacial score (nSPS) is 37.6. The molecule has 3 rings (SSSR count). The van der Waals surface area contributed by atoms with Gasteiger partial charge < -0.3 is 23.7 Å². The van der Waals surface area contributed by atoms with Gasteiger partial charge in [-0.1, -0.05) is 0 Å². The van der Waals surface area contributed by atoms with E-state index in [-0.39, 0.29) is 24.4 Å². The fourth-order valence-electron chi connectivity index (χ4n) is 3.50. The van der Waals surface area contributed by atoms with Gasteiger partial charge in [0.2, 0.25) is 0 Å². The SMILES string of the molecule is CO[C@@H](CC1SCCCS1)[C@H]1OC(C)(C)O[C@@H]1[C@H]1COC(C)(C)O1. The Balaban J connectivity index is 1.69. The smallest absolute Gasteiger partial charge is 0.164 e. The standard InChI is InChI=1S/C17H30O5S2/c1-16(2)19-10-12(20-16)15-14(21-17(3,4)22-15)11(18-5)9-13-23-7-6-8-24-13/h11-15H,6-10H2,1-5H3/t11-,12+,14+,15+/m0/s1. The van der Waals surface area contributed by atoms with Crippen LogP contribution >= 0.6 is 23.5 Å². The van der Waals surface area contributed by atoms with Gasteiger partial charge in [-0.3, -0.25) is 0 Å². The number of rotatable bonds is 5. The third-order valence-corrected chi connectivity index (χ3v) is 7.54. The van der Waals surface area contributed by atoms with Gasteiger partial charge >= 0.3 is 0 Å². The average Bonchev–Trinajstić information content (AvgIpc) is 3.05. The zero-order valence-corrected chi connectivity index (χ0v) is 16.9. The van der Waals surface area contributed by atoms with E-state index >= 15 is 0 Å². The monoisotopic (exact) mass is 378 g/mol. The lowest BCUT2D eigenvalue weighted by Gasteiger charge is -2.31. The van der Waals surface area contributed by atoms with Gasteiger partial charge in [0.15, 0.2) is 11.6 Å². The molecule has 0 aromatic carbocycles. The first kappa shape index (κ1) is 19.3. The van der Waals surface area contributed by atoms with E-state index in [4.69, 9.17) is 23.7 Å². The van der Waals surface area contributed by atoms with E-state index in [2.05, 4.69) is 0 Å². The van der Waals surface area contributed by atoms with Crippen molar-refractivity contribution in [2.75, 3.05) is 25.2 Å². The molecule has 3 aliphatic heterocycles.